The van der Waals surface area contributed by atoms with E-state index in [1.165, 1.54) is 0 Å². The predicted octanol–water partition coefficient (Wildman–Crippen LogP) is 2.89. The number of benzene rings is 2. The number of carbonyl (C=O) groups is 1. The average Bonchev–Trinajstić information content (AvgIpc) is 2.73. The highest BCUT2D eigenvalue weighted by molar-refractivity contribution is 7.89. The maximum absolute atomic E-state index is 12.8. The van der Waals surface area contributed by atoms with Crippen LogP contribution in [0.4, 0.5) is 0 Å². The van der Waals surface area contributed by atoms with Crippen LogP contribution in [0.5, 0.6) is 0 Å². The van der Waals surface area contributed by atoms with E-state index in [1.807, 2.05) is 43.3 Å². The van der Waals surface area contributed by atoms with Crippen LogP contribution in [0, 0.1) is 12.8 Å². The molecule has 2 aromatic rings. The van der Waals surface area contributed by atoms with Crippen LogP contribution in [0.2, 0.25) is 0 Å². The summed E-state index contributed by atoms with van der Waals surface area (Å²) in [7, 11) is -3.44. The molecule has 1 heterocycles. The zero-order valence-electron chi connectivity index (χ0n) is 18.0. The van der Waals surface area contributed by atoms with Gasteiger partial charge in [0, 0.05) is 44.8 Å². The number of aryl methyl sites for hydroxylation is 1. The minimum Gasteiger partial charge on any atom is -0.352 e. The van der Waals surface area contributed by atoms with E-state index in [2.05, 4.69) is 24.1 Å². The molecule has 7 heteroatoms. The van der Waals surface area contributed by atoms with E-state index in [-0.39, 0.29) is 5.91 Å². The number of hydrogen-bond donors (Lipinski definition) is 1. The van der Waals surface area contributed by atoms with E-state index < -0.39 is 10.0 Å². The summed E-state index contributed by atoms with van der Waals surface area (Å²) >= 11 is 0. The molecule has 0 atom stereocenters. The lowest BCUT2D eigenvalue weighted by Gasteiger charge is -2.34. The first kappa shape index (κ1) is 22.5. The van der Waals surface area contributed by atoms with Crippen molar-refractivity contribution >= 4 is 15.9 Å². The van der Waals surface area contributed by atoms with Gasteiger partial charge in [-0.1, -0.05) is 43.7 Å². The van der Waals surface area contributed by atoms with Gasteiger partial charge in [0.2, 0.25) is 10.0 Å². The molecule has 0 aromatic heterocycles. The largest absolute Gasteiger partial charge is 0.352 e. The van der Waals surface area contributed by atoms with Gasteiger partial charge in [-0.15, -0.1) is 0 Å². The van der Waals surface area contributed by atoms with Crippen LogP contribution < -0.4 is 5.32 Å². The Bertz CT molecular complexity index is 946. The molecule has 0 unspecified atom stereocenters. The second-order valence-corrected chi connectivity index (χ2v) is 10.2. The van der Waals surface area contributed by atoms with Crippen LogP contribution in [0.15, 0.2) is 53.4 Å². The molecule has 162 valence electrons. The Balaban J connectivity index is 1.53. The Morgan fingerprint density at radius 3 is 2.13 bits per heavy atom. The normalized spacial score (nSPS) is 16.0. The molecule has 30 heavy (non-hydrogen) atoms. The van der Waals surface area contributed by atoms with E-state index in [1.54, 1.807) is 16.4 Å². The minimum atomic E-state index is -3.44. The van der Waals surface area contributed by atoms with E-state index >= 15 is 0 Å². The summed E-state index contributed by atoms with van der Waals surface area (Å²) in [6.07, 6.45) is 0. The molecule has 1 saturated heterocycles. The number of sulfonamides is 1. The standard InChI is InChI=1S/C23H31N3O3S/c1-18(2)16-24-23(27)21-8-6-20(7-9-21)17-25-12-14-26(15-13-25)30(28,29)22-10-4-19(3)5-11-22/h4-11,18H,12-17H2,1-3H3,(H,24,27). The third-order valence-corrected chi connectivity index (χ3v) is 7.20. The molecule has 1 fully saturated rings. The molecule has 1 aliphatic rings. The number of nitrogens with zero attached hydrogens (tertiary/aromatic N) is 2. The molecule has 3 rings (SSSR count). The molecule has 0 aliphatic carbocycles. The van der Waals surface area contributed by atoms with Crippen LogP contribution >= 0.6 is 0 Å². The number of carbonyl (C=O) groups excluding carboxylic acids is 1. The second kappa shape index (κ2) is 9.73. The van der Waals surface area contributed by atoms with Gasteiger partial charge in [0.1, 0.15) is 0 Å². The molecular formula is C23H31N3O3S. The monoisotopic (exact) mass is 429 g/mol. The fourth-order valence-electron chi connectivity index (χ4n) is 3.41. The van der Waals surface area contributed by atoms with Crippen LogP contribution in [-0.2, 0) is 16.6 Å². The first-order valence-electron chi connectivity index (χ1n) is 10.4. The Kier molecular flexibility index (Phi) is 7.28. The SMILES string of the molecule is Cc1ccc(S(=O)(=O)N2CCN(Cc3ccc(C(=O)NCC(C)C)cc3)CC2)cc1. The molecular weight excluding hydrogens is 398 g/mol. The van der Waals surface area contributed by atoms with Gasteiger partial charge in [0.25, 0.3) is 5.91 Å². The van der Waals surface area contributed by atoms with Gasteiger partial charge in [-0.05, 0) is 42.7 Å². The maximum atomic E-state index is 12.8. The van der Waals surface area contributed by atoms with Crippen molar-refractivity contribution in [1.82, 2.24) is 14.5 Å². The average molecular weight is 430 g/mol. The lowest BCUT2D eigenvalue weighted by atomic mass is 10.1. The first-order chi connectivity index (χ1) is 14.3. The van der Waals surface area contributed by atoms with Gasteiger partial charge in [-0.25, -0.2) is 8.42 Å². The summed E-state index contributed by atoms with van der Waals surface area (Å²) in [6, 6.07) is 14.7. The van der Waals surface area contributed by atoms with Crippen molar-refractivity contribution in [3.8, 4) is 0 Å². The summed E-state index contributed by atoms with van der Waals surface area (Å²) in [4.78, 5) is 14.7. The Labute approximate surface area is 179 Å². The summed E-state index contributed by atoms with van der Waals surface area (Å²) in [5, 5.41) is 2.92. The van der Waals surface area contributed by atoms with Crippen LogP contribution in [0.25, 0.3) is 0 Å². The lowest BCUT2D eigenvalue weighted by Crippen LogP contribution is -2.48. The van der Waals surface area contributed by atoms with Crippen molar-refractivity contribution in [3.05, 3.63) is 65.2 Å². The van der Waals surface area contributed by atoms with Crippen molar-refractivity contribution in [3.63, 3.8) is 0 Å². The second-order valence-electron chi connectivity index (χ2n) is 8.29. The molecule has 1 aliphatic heterocycles. The van der Waals surface area contributed by atoms with E-state index in [4.69, 9.17) is 0 Å². The molecule has 6 nitrogen and oxygen atoms in total. The predicted molar refractivity (Wildman–Crippen MR) is 119 cm³/mol. The number of piperazine rings is 1. The summed E-state index contributed by atoms with van der Waals surface area (Å²) < 4.78 is 27.2. The van der Waals surface area contributed by atoms with Gasteiger partial charge in [-0.3, -0.25) is 9.69 Å². The van der Waals surface area contributed by atoms with E-state index in [0.29, 0.717) is 49.1 Å². The molecule has 2 aromatic carbocycles. The van der Waals surface area contributed by atoms with Crippen molar-refractivity contribution in [1.29, 1.82) is 0 Å². The quantitative estimate of drug-likeness (QED) is 0.735. The van der Waals surface area contributed by atoms with Crippen LogP contribution in [-0.4, -0.2) is 56.3 Å². The van der Waals surface area contributed by atoms with Crippen molar-refractivity contribution in [2.75, 3.05) is 32.7 Å². The van der Waals surface area contributed by atoms with E-state index in [9.17, 15) is 13.2 Å². The Hall–Kier alpha value is -2.22. The number of nitrogens with one attached hydrogen (secondary N) is 1. The van der Waals surface area contributed by atoms with Crippen molar-refractivity contribution in [2.24, 2.45) is 5.92 Å². The third kappa shape index (κ3) is 5.68. The van der Waals surface area contributed by atoms with Crippen LogP contribution in [0.3, 0.4) is 0 Å². The van der Waals surface area contributed by atoms with Gasteiger partial charge in [0.15, 0.2) is 0 Å². The van der Waals surface area contributed by atoms with Gasteiger partial charge in [-0.2, -0.15) is 4.31 Å². The van der Waals surface area contributed by atoms with Crippen molar-refractivity contribution in [2.45, 2.75) is 32.2 Å². The topological polar surface area (TPSA) is 69.7 Å². The van der Waals surface area contributed by atoms with Gasteiger partial charge in [0.05, 0.1) is 4.90 Å². The number of amides is 1. The lowest BCUT2D eigenvalue weighted by molar-refractivity contribution is 0.0949. The van der Waals surface area contributed by atoms with Crippen molar-refractivity contribution < 1.29 is 13.2 Å². The van der Waals surface area contributed by atoms with Crippen LogP contribution in [0.1, 0.15) is 35.3 Å². The molecule has 0 spiro atoms. The number of rotatable bonds is 7. The van der Waals surface area contributed by atoms with Gasteiger partial charge >= 0.3 is 0 Å². The molecule has 1 amide bonds. The zero-order chi connectivity index (χ0) is 21.7. The van der Waals surface area contributed by atoms with E-state index in [0.717, 1.165) is 17.7 Å². The molecule has 1 N–H and O–H groups in total. The highest BCUT2D eigenvalue weighted by Crippen LogP contribution is 2.19. The Morgan fingerprint density at radius 1 is 0.967 bits per heavy atom. The highest BCUT2D eigenvalue weighted by Gasteiger charge is 2.28. The molecule has 0 radical (unpaired) electrons. The van der Waals surface area contributed by atoms with Gasteiger partial charge < -0.3 is 5.32 Å². The smallest absolute Gasteiger partial charge is 0.251 e. The maximum Gasteiger partial charge on any atom is 0.251 e. The fraction of sp³-hybridized carbons (Fsp3) is 0.435. The highest BCUT2D eigenvalue weighted by atomic mass is 32.2. The Morgan fingerprint density at radius 2 is 1.57 bits per heavy atom. The zero-order valence-corrected chi connectivity index (χ0v) is 18.8. The summed E-state index contributed by atoms with van der Waals surface area (Å²) in [5.74, 6) is 0.367. The number of hydrogen-bond acceptors (Lipinski definition) is 4. The molecule has 0 bridgehead atoms. The minimum absolute atomic E-state index is 0.0508. The molecule has 0 saturated carbocycles. The summed E-state index contributed by atoms with van der Waals surface area (Å²) in [6.45, 7) is 9.80. The third-order valence-electron chi connectivity index (χ3n) is 5.28. The summed E-state index contributed by atoms with van der Waals surface area (Å²) in [5.41, 5.74) is 2.82. The fourth-order valence-corrected chi connectivity index (χ4v) is 4.83. The first-order valence-corrected chi connectivity index (χ1v) is 11.9.